The van der Waals surface area contributed by atoms with Crippen LogP contribution in [0.2, 0.25) is 0 Å². The summed E-state index contributed by atoms with van der Waals surface area (Å²) in [6.07, 6.45) is 1.62. The smallest absolute Gasteiger partial charge is 0.348 e. The molecule has 0 saturated carbocycles. The Hall–Kier alpha value is -2.17. The Morgan fingerprint density at radius 3 is 2.88 bits per heavy atom. The lowest BCUT2D eigenvalue weighted by atomic mass is 10.2. The third kappa shape index (κ3) is 2.50. The van der Waals surface area contributed by atoms with Crippen molar-refractivity contribution in [3.63, 3.8) is 0 Å². The van der Waals surface area contributed by atoms with Gasteiger partial charge >= 0.3 is 5.69 Å². The molecule has 5 heteroatoms. The van der Waals surface area contributed by atoms with E-state index in [-0.39, 0.29) is 18.1 Å². The zero-order valence-electron chi connectivity index (χ0n) is 9.35. The zero-order chi connectivity index (χ0) is 12.4. The van der Waals surface area contributed by atoms with Crippen molar-refractivity contribution in [1.82, 2.24) is 9.55 Å². The van der Waals surface area contributed by atoms with Crippen LogP contribution in [0.1, 0.15) is 11.3 Å². The second kappa shape index (κ2) is 4.37. The maximum absolute atomic E-state index is 13.1. The topological polar surface area (TPSA) is 60.9 Å². The normalized spacial score (nSPS) is 10.5. The highest BCUT2D eigenvalue weighted by molar-refractivity contribution is 5.46. The fourth-order valence-electron chi connectivity index (χ4n) is 1.53. The highest BCUT2D eigenvalue weighted by Gasteiger charge is 2.04. The van der Waals surface area contributed by atoms with Gasteiger partial charge in [0, 0.05) is 17.6 Å². The zero-order valence-corrected chi connectivity index (χ0v) is 9.35. The van der Waals surface area contributed by atoms with Crippen LogP contribution in [-0.2, 0) is 6.54 Å². The van der Waals surface area contributed by atoms with Crippen molar-refractivity contribution in [1.29, 1.82) is 0 Å². The second-order valence-electron chi connectivity index (χ2n) is 3.82. The molecule has 0 bridgehead atoms. The molecular formula is C12H12FN3O. The third-order valence-electron chi connectivity index (χ3n) is 2.46. The summed E-state index contributed by atoms with van der Waals surface area (Å²) in [5, 5.41) is 0. The first-order valence-electron chi connectivity index (χ1n) is 5.14. The van der Waals surface area contributed by atoms with E-state index < -0.39 is 0 Å². The second-order valence-corrected chi connectivity index (χ2v) is 3.82. The number of halogens is 1. The largest absolute Gasteiger partial charge is 0.398 e. The van der Waals surface area contributed by atoms with E-state index >= 15 is 0 Å². The summed E-state index contributed by atoms with van der Waals surface area (Å²) in [6, 6.07) is 5.81. The van der Waals surface area contributed by atoms with E-state index in [1.807, 2.05) is 0 Å². The molecular weight excluding hydrogens is 221 g/mol. The lowest BCUT2D eigenvalue weighted by Crippen LogP contribution is -2.23. The van der Waals surface area contributed by atoms with Gasteiger partial charge in [-0.05, 0) is 36.8 Å². The van der Waals surface area contributed by atoms with Crippen molar-refractivity contribution in [3.8, 4) is 0 Å². The van der Waals surface area contributed by atoms with Crippen molar-refractivity contribution in [3.05, 3.63) is 58.0 Å². The van der Waals surface area contributed by atoms with Gasteiger partial charge in [-0.2, -0.15) is 4.98 Å². The number of nitrogen functional groups attached to an aromatic ring is 1. The first kappa shape index (κ1) is 11.3. The van der Waals surface area contributed by atoms with Crippen LogP contribution in [0.3, 0.4) is 0 Å². The molecule has 0 amide bonds. The molecule has 1 aromatic heterocycles. The molecule has 17 heavy (non-hydrogen) atoms. The van der Waals surface area contributed by atoms with E-state index in [1.165, 1.54) is 22.8 Å². The fourth-order valence-corrected chi connectivity index (χ4v) is 1.53. The number of nitrogens with zero attached hydrogens (tertiary/aromatic N) is 2. The molecule has 0 aliphatic heterocycles. The summed E-state index contributed by atoms with van der Waals surface area (Å²) in [5.74, 6) is -0.373. The van der Waals surface area contributed by atoms with E-state index in [9.17, 15) is 9.18 Å². The van der Waals surface area contributed by atoms with E-state index in [4.69, 9.17) is 5.73 Å². The summed E-state index contributed by atoms with van der Waals surface area (Å²) in [6.45, 7) is 1.96. The van der Waals surface area contributed by atoms with E-state index in [2.05, 4.69) is 4.98 Å². The summed E-state index contributed by atoms with van der Waals surface area (Å²) in [7, 11) is 0. The minimum atomic E-state index is -0.373. The lowest BCUT2D eigenvalue weighted by Gasteiger charge is -2.08. The first-order chi connectivity index (χ1) is 8.06. The Kier molecular flexibility index (Phi) is 2.91. The van der Waals surface area contributed by atoms with Crippen molar-refractivity contribution < 1.29 is 4.39 Å². The van der Waals surface area contributed by atoms with Gasteiger partial charge in [0.1, 0.15) is 5.82 Å². The Morgan fingerprint density at radius 2 is 2.18 bits per heavy atom. The average Bonchev–Trinajstić information content (AvgIpc) is 2.27. The lowest BCUT2D eigenvalue weighted by molar-refractivity contribution is 0.622. The number of hydrogen-bond acceptors (Lipinski definition) is 3. The SMILES string of the molecule is Cc1ccn(Cc2cc(F)ccc2N)c(=O)n1. The maximum atomic E-state index is 13.1. The number of benzene rings is 1. The monoisotopic (exact) mass is 233 g/mol. The van der Waals surface area contributed by atoms with Gasteiger partial charge in [-0.3, -0.25) is 4.57 Å². The van der Waals surface area contributed by atoms with Crippen LogP contribution in [0.4, 0.5) is 10.1 Å². The molecule has 0 aliphatic rings. The van der Waals surface area contributed by atoms with Crippen molar-refractivity contribution >= 4 is 5.69 Å². The van der Waals surface area contributed by atoms with Crippen LogP contribution in [0.15, 0.2) is 35.3 Å². The van der Waals surface area contributed by atoms with Crippen LogP contribution in [0.5, 0.6) is 0 Å². The molecule has 0 atom stereocenters. The van der Waals surface area contributed by atoms with Crippen LogP contribution in [0, 0.1) is 12.7 Å². The molecule has 4 nitrogen and oxygen atoms in total. The predicted octanol–water partition coefficient (Wildman–Crippen LogP) is 1.32. The Morgan fingerprint density at radius 1 is 1.41 bits per heavy atom. The van der Waals surface area contributed by atoms with Crippen molar-refractivity contribution in [2.75, 3.05) is 5.73 Å². The summed E-state index contributed by atoms with van der Waals surface area (Å²) in [5.41, 5.74) is 7.02. The minimum Gasteiger partial charge on any atom is -0.398 e. The highest BCUT2D eigenvalue weighted by Crippen LogP contribution is 2.13. The number of aromatic nitrogens is 2. The minimum absolute atomic E-state index is 0.218. The van der Waals surface area contributed by atoms with E-state index in [0.29, 0.717) is 16.9 Å². The Balaban J connectivity index is 2.38. The maximum Gasteiger partial charge on any atom is 0.348 e. The molecule has 0 fully saturated rings. The van der Waals surface area contributed by atoms with Gasteiger partial charge in [0.2, 0.25) is 0 Å². The van der Waals surface area contributed by atoms with Crippen LogP contribution < -0.4 is 11.4 Å². The Bertz CT molecular complexity index is 607. The molecule has 0 saturated heterocycles. The van der Waals surface area contributed by atoms with Crippen LogP contribution in [-0.4, -0.2) is 9.55 Å². The molecule has 2 N–H and O–H groups in total. The number of aryl methyl sites for hydroxylation is 1. The summed E-state index contributed by atoms with van der Waals surface area (Å²) >= 11 is 0. The van der Waals surface area contributed by atoms with E-state index in [0.717, 1.165) is 0 Å². The van der Waals surface area contributed by atoms with Gasteiger partial charge < -0.3 is 5.73 Å². The van der Waals surface area contributed by atoms with Gasteiger partial charge in [-0.25, -0.2) is 9.18 Å². The number of anilines is 1. The van der Waals surface area contributed by atoms with Gasteiger partial charge in [-0.15, -0.1) is 0 Å². The molecule has 0 aliphatic carbocycles. The van der Waals surface area contributed by atoms with Crippen LogP contribution in [0.25, 0.3) is 0 Å². The van der Waals surface area contributed by atoms with Gasteiger partial charge in [0.15, 0.2) is 0 Å². The van der Waals surface area contributed by atoms with Gasteiger partial charge in [0.05, 0.1) is 6.54 Å². The molecule has 88 valence electrons. The molecule has 0 radical (unpaired) electrons. The molecule has 0 unspecified atom stereocenters. The molecule has 0 spiro atoms. The van der Waals surface area contributed by atoms with Crippen molar-refractivity contribution in [2.24, 2.45) is 0 Å². The number of rotatable bonds is 2. The molecule has 2 rings (SSSR count). The van der Waals surface area contributed by atoms with Crippen LogP contribution >= 0.6 is 0 Å². The quantitative estimate of drug-likeness (QED) is 0.796. The van der Waals surface area contributed by atoms with E-state index in [1.54, 1.807) is 19.2 Å². The third-order valence-corrected chi connectivity index (χ3v) is 2.46. The summed E-state index contributed by atoms with van der Waals surface area (Å²) < 4.78 is 14.4. The standard InChI is InChI=1S/C12H12FN3O/c1-8-4-5-16(12(17)15-8)7-9-6-10(13)2-3-11(9)14/h2-6H,7,14H2,1H3. The van der Waals surface area contributed by atoms with Gasteiger partial charge in [-0.1, -0.05) is 0 Å². The van der Waals surface area contributed by atoms with Crippen molar-refractivity contribution in [2.45, 2.75) is 13.5 Å². The Labute approximate surface area is 97.5 Å². The van der Waals surface area contributed by atoms with Gasteiger partial charge in [0.25, 0.3) is 0 Å². The fraction of sp³-hybridized carbons (Fsp3) is 0.167. The molecule has 1 aromatic carbocycles. The predicted molar refractivity (Wildman–Crippen MR) is 63.1 cm³/mol. The number of nitrogens with two attached hydrogens (primary N) is 1. The first-order valence-corrected chi connectivity index (χ1v) is 5.14. The highest BCUT2D eigenvalue weighted by atomic mass is 19.1. The molecule has 1 heterocycles. The average molecular weight is 233 g/mol. The summed E-state index contributed by atoms with van der Waals surface area (Å²) in [4.78, 5) is 15.4. The molecule has 2 aromatic rings. The number of hydrogen-bond donors (Lipinski definition) is 1.